The summed E-state index contributed by atoms with van der Waals surface area (Å²) in [6, 6.07) is 0. The molecule has 2 N–H and O–H groups in total. The van der Waals surface area contributed by atoms with Crippen molar-refractivity contribution in [3.63, 3.8) is 0 Å². The predicted molar refractivity (Wildman–Crippen MR) is 46.5 cm³/mol. The van der Waals surface area contributed by atoms with E-state index in [1.807, 2.05) is 0 Å². The minimum atomic E-state index is -0.663. The number of amides is 2. The van der Waals surface area contributed by atoms with Gasteiger partial charge in [0.1, 0.15) is 0 Å². The highest BCUT2D eigenvalue weighted by molar-refractivity contribution is 6.19. The number of nitrogens with one attached hydrogen (secondary N) is 2. The third kappa shape index (κ3) is 3.57. The van der Waals surface area contributed by atoms with Crippen molar-refractivity contribution in [3.05, 3.63) is 0 Å². The Bertz CT molecular complexity index is 192. The highest BCUT2D eigenvalue weighted by Crippen LogP contribution is 2.16. The molecule has 5 heteroatoms. The minimum Gasteiger partial charge on any atom is -0.274 e. The standard InChI is InChI=1S/C7H13ClN2O2/c1-5(11)9-10-6(12)7(2,3)4-8/h4H2,1-3H3,(H,9,11)(H,10,12). The van der Waals surface area contributed by atoms with Gasteiger partial charge in [-0.05, 0) is 13.8 Å². The first kappa shape index (κ1) is 11.2. The average molecular weight is 193 g/mol. The summed E-state index contributed by atoms with van der Waals surface area (Å²) in [5.41, 5.74) is 3.78. The van der Waals surface area contributed by atoms with Crippen LogP contribution in [0.2, 0.25) is 0 Å². The van der Waals surface area contributed by atoms with E-state index in [2.05, 4.69) is 10.9 Å². The van der Waals surface area contributed by atoms with E-state index in [0.29, 0.717) is 0 Å². The maximum absolute atomic E-state index is 11.2. The molecule has 4 nitrogen and oxygen atoms in total. The second kappa shape index (κ2) is 4.30. The van der Waals surface area contributed by atoms with E-state index in [9.17, 15) is 9.59 Å². The van der Waals surface area contributed by atoms with Crippen LogP contribution < -0.4 is 10.9 Å². The van der Waals surface area contributed by atoms with Crippen LogP contribution in [-0.4, -0.2) is 17.7 Å². The van der Waals surface area contributed by atoms with Gasteiger partial charge in [-0.1, -0.05) is 0 Å². The highest BCUT2D eigenvalue weighted by atomic mass is 35.5. The highest BCUT2D eigenvalue weighted by Gasteiger charge is 2.26. The zero-order chi connectivity index (χ0) is 9.78. The second-order valence-electron chi connectivity index (χ2n) is 3.15. The molecule has 0 atom stereocenters. The van der Waals surface area contributed by atoms with Gasteiger partial charge < -0.3 is 0 Å². The van der Waals surface area contributed by atoms with Crippen LogP contribution in [-0.2, 0) is 9.59 Å². The first-order valence-electron chi connectivity index (χ1n) is 3.53. The minimum absolute atomic E-state index is 0.207. The fourth-order valence-corrected chi connectivity index (χ4v) is 0.496. The molecular weight excluding hydrogens is 180 g/mol. The van der Waals surface area contributed by atoms with Crippen molar-refractivity contribution in [1.29, 1.82) is 0 Å². The van der Waals surface area contributed by atoms with Gasteiger partial charge in [0.2, 0.25) is 11.8 Å². The van der Waals surface area contributed by atoms with Gasteiger partial charge in [0, 0.05) is 12.8 Å². The van der Waals surface area contributed by atoms with E-state index in [0.717, 1.165) is 0 Å². The lowest BCUT2D eigenvalue weighted by atomic mass is 9.96. The fraction of sp³-hybridized carbons (Fsp3) is 0.714. The van der Waals surface area contributed by atoms with Crippen LogP contribution in [0.4, 0.5) is 0 Å². The topological polar surface area (TPSA) is 58.2 Å². The lowest BCUT2D eigenvalue weighted by Gasteiger charge is -2.19. The molecule has 0 fully saturated rings. The van der Waals surface area contributed by atoms with Gasteiger partial charge in [0.25, 0.3) is 0 Å². The molecule has 0 rings (SSSR count). The molecular formula is C7H13ClN2O2. The van der Waals surface area contributed by atoms with Crippen molar-refractivity contribution in [2.24, 2.45) is 5.41 Å². The lowest BCUT2D eigenvalue weighted by molar-refractivity contribution is -0.132. The summed E-state index contributed by atoms with van der Waals surface area (Å²) in [6.45, 7) is 4.70. The zero-order valence-corrected chi connectivity index (χ0v) is 8.16. The molecule has 0 saturated heterocycles. The number of hydrogen-bond donors (Lipinski definition) is 2. The molecule has 0 unspecified atom stereocenters. The van der Waals surface area contributed by atoms with Crippen LogP contribution in [0.3, 0.4) is 0 Å². The molecule has 0 bridgehead atoms. The Kier molecular flexibility index (Phi) is 4.03. The number of hydrazine groups is 1. The molecule has 0 saturated carbocycles. The monoisotopic (exact) mass is 192 g/mol. The normalized spacial score (nSPS) is 10.7. The Morgan fingerprint density at radius 1 is 1.33 bits per heavy atom. The smallest absolute Gasteiger partial charge is 0.245 e. The first-order valence-corrected chi connectivity index (χ1v) is 4.06. The van der Waals surface area contributed by atoms with Crippen molar-refractivity contribution in [2.75, 3.05) is 5.88 Å². The van der Waals surface area contributed by atoms with E-state index >= 15 is 0 Å². The van der Waals surface area contributed by atoms with E-state index in [-0.39, 0.29) is 17.7 Å². The fourth-order valence-electron chi connectivity index (χ4n) is 0.375. The molecule has 12 heavy (non-hydrogen) atoms. The first-order chi connectivity index (χ1) is 5.40. The Morgan fingerprint density at radius 2 is 1.83 bits per heavy atom. The van der Waals surface area contributed by atoms with E-state index in [1.165, 1.54) is 6.92 Å². The van der Waals surface area contributed by atoms with Crippen LogP contribution in [0.25, 0.3) is 0 Å². The molecule has 0 heterocycles. The summed E-state index contributed by atoms with van der Waals surface area (Å²) >= 11 is 5.53. The summed E-state index contributed by atoms with van der Waals surface area (Å²) in [7, 11) is 0. The van der Waals surface area contributed by atoms with Crippen LogP contribution in [0.5, 0.6) is 0 Å². The summed E-state index contributed by atoms with van der Waals surface area (Å²) in [4.78, 5) is 21.6. The third-order valence-corrected chi connectivity index (χ3v) is 1.97. The van der Waals surface area contributed by atoms with Gasteiger partial charge in [-0.15, -0.1) is 11.6 Å². The summed E-state index contributed by atoms with van der Waals surface area (Å²) < 4.78 is 0. The average Bonchev–Trinajstić information content (AvgIpc) is 2.00. The van der Waals surface area contributed by atoms with Gasteiger partial charge in [-0.25, -0.2) is 0 Å². The molecule has 0 aromatic heterocycles. The second-order valence-corrected chi connectivity index (χ2v) is 3.42. The summed E-state index contributed by atoms with van der Waals surface area (Å²) in [5, 5.41) is 0. The predicted octanol–water partition coefficient (Wildman–Crippen LogP) is 0.419. The molecule has 0 radical (unpaired) electrons. The zero-order valence-electron chi connectivity index (χ0n) is 7.40. The van der Waals surface area contributed by atoms with Crippen molar-refractivity contribution in [2.45, 2.75) is 20.8 Å². The molecule has 0 spiro atoms. The van der Waals surface area contributed by atoms with E-state index in [1.54, 1.807) is 13.8 Å². The Balaban J connectivity index is 3.96. The molecule has 0 aliphatic rings. The number of rotatable bonds is 2. The number of halogens is 1. The summed E-state index contributed by atoms with van der Waals surface area (Å²) in [6.07, 6.45) is 0. The lowest BCUT2D eigenvalue weighted by Crippen LogP contribution is -2.47. The van der Waals surface area contributed by atoms with Gasteiger partial charge >= 0.3 is 0 Å². The van der Waals surface area contributed by atoms with Crippen LogP contribution in [0.1, 0.15) is 20.8 Å². The number of carbonyl (C=O) groups is 2. The molecule has 70 valence electrons. The van der Waals surface area contributed by atoms with Crippen LogP contribution >= 0.6 is 11.6 Å². The molecule has 0 aromatic rings. The van der Waals surface area contributed by atoms with Gasteiger partial charge in [-0.3, -0.25) is 20.4 Å². The Morgan fingerprint density at radius 3 is 2.17 bits per heavy atom. The largest absolute Gasteiger partial charge is 0.274 e. The molecule has 0 aliphatic heterocycles. The third-order valence-electron chi connectivity index (χ3n) is 1.30. The molecule has 2 amide bonds. The van der Waals surface area contributed by atoms with Crippen molar-refractivity contribution >= 4 is 23.4 Å². The summed E-state index contributed by atoms with van der Waals surface area (Å²) in [5.74, 6) is -0.403. The van der Waals surface area contributed by atoms with Crippen LogP contribution in [0, 0.1) is 5.41 Å². The van der Waals surface area contributed by atoms with Crippen LogP contribution in [0.15, 0.2) is 0 Å². The maximum Gasteiger partial charge on any atom is 0.245 e. The number of alkyl halides is 1. The van der Waals surface area contributed by atoms with Crippen molar-refractivity contribution in [3.8, 4) is 0 Å². The molecule has 0 aromatic carbocycles. The van der Waals surface area contributed by atoms with Crippen molar-refractivity contribution in [1.82, 2.24) is 10.9 Å². The Labute approximate surface area is 76.6 Å². The number of hydrogen-bond acceptors (Lipinski definition) is 2. The Hall–Kier alpha value is -0.770. The van der Waals surface area contributed by atoms with Gasteiger partial charge in [0.05, 0.1) is 5.41 Å². The molecule has 0 aliphatic carbocycles. The van der Waals surface area contributed by atoms with Gasteiger partial charge in [0.15, 0.2) is 0 Å². The van der Waals surface area contributed by atoms with Crippen molar-refractivity contribution < 1.29 is 9.59 Å². The number of carbonyl (C=O) groups excluding carboxylic acids is 2. The SMILES string of the molecule is CC(=O)NNC(=O)C(C)(C)CCl. The van der Waals surface area contributed by atoms with Gasteiger partial charge in [-0.2, -0.15) is 0 Å². The van der Waals surface area contributed by atoms with E-state index in [4.69, 9.17) is 11.6 Å². The maximum atomic E-state index is 11.2. The van der Waals surface area contributed by atoms with E-state index < -0.39 is 5.41 Å². The quantitative estimate of drug-likeness (QED) is 0.492.